The van der Waals surface area contributed by atoms with Crippen LogP contribution in [0.3, 0.4) is 0 Å². The van der Waals surface area contributed by atoms with E-state index in [0.29, 0.717) is 52.6 Å². The Morgan fingerprint density at radius 1 is 0.968 bits per heavy atom. The van der Waals surface area contributed by atoms with Gasteiger partial charge in [0.25, 0.3) is 5.56 Å². The first-order chi connectivity index (χ1) is 15.1. The molecule has 2 aromatic carbocycles. The van der Waals surface area contributed by atoms with Crippen molar-refractivity contribution in [2.24, 2.45) is 0 Å². The lowest BCUT2D eigenvalue weighted by atomic mass is 10.3. The molecule has 0 atom stereocenters. The molecule has 8 heteroatoms. The Morgan fingerprint density at radius 2 is 1.68 bits per heavy atom. The molecule has 0 spiro atoms. The van der Waals surface area contributed by atoms with E-state index in [-0.39, 0.29) is 5.56 Å². The number of halogens is 1. The summed E-state index contributed by atoms with van der Waals surface area (Å²) in [5.41, 5.74) is 3.83. The SMILES string of the molecule is CCc1nc2c(c(=O)n1CCOC)c1nc3ccccc3nc1n2-c1ccc(Cl)cc1. The monoisotopic (exact) mass is 433 g/mol. The van der Waals surface area contributed by atoms with Crippen molar-refractivity contribution >= 4 is 44.8 Å². The van der Waals surface area contributed by atoms with Crippen LogP contribution in [0.5, 0.6) is 0 Å². The van der Waals surface area contributed by atoms with Gasteiger partial charge in [0.05, 0.1) is 24.2 Å². The third kappa shape index (κ3) is 3.17. The van der Waals surface area contributed by atoms with Gasteiger partial charge in [-0.1, -0.05) is 30.7 Å². The molecule has 0 radical (unpaired) electrons. The molecular weight excluding hydrogens is 414 g/mol. The Hall–Kier alpha value is -3.29. The normalized spacial score (nSPS) is 11.7. The molecule has 3 aromatic heterocycles. The van der Waals surface area contributed by atoms with Crippen molar-refractivity contribution in [1.29, 1.82) is 0 Å². The van der Waals surface area contributed by atoms with Crippen LogP contribution < -0.4 is 5.56 Å². The van der Waals surface area contributed by atoms with E-state index >= 15 is 0 Å². The number of nitrogens with zero attached hydrogens (tertiary/aromatic N) is 5. The highest BCUT2D eigenvalue weighted by Crippen LogP contribution is 2.29. The van der Waals surface area contributed by atoms with Gasteiger partial charge in [-0.2, -0.15) is 0 Å². The van der Waals surface area contributed by atoms with Crippen LogP contribution in [0.4, 0.5) is 0 Å². The van der Waals surface area contributed by atoms with Gasteiger partial charge in [0, 0.05) is 24.2 Å². The number of fused-ring (bicyclic) bond motifs is 4. The molecular formula is C23H20ClN5O2. The zero-order valence-corrected chi connectivity index (χ0v) is 17.9. The van der Waals surface area contributed by atoms with E-state index in [0.717, 1.165) is 16.7 Å². The van der Waals surface area contributed by atoms with Crippen LogP contribution in [-0.4, -0.2) is 37.8 Å². The molecule has 0 amide bonds. The van der Waals surface area contributed by atoms with Gasteiger partial charge in [0.15, 0.2) is 11.3 Å². The van der Waals surface area contributed by atoms with Crippen molar-refractivity contribution in [3.05, 3.63) is 69.7 Å². The highest BCUT2D eigenvalue weighted by Gasteiger charge is 2.22. The van der Waals surface area contributed by atoms with Crippen LogP contribution in [0.1, 0.15) is 12.7 Å². The summed E-state index contributed by atoms with van der Waals surface area (Å²) in [5, 5.41) is 1.08. The van der Waals surface area contributed by atoms with E-state index in [9.17, 15) is 4.79 Å². The second kappa shape index (κ2) is 7.76. The van der Waals surface area contributed by atoms with Crippen LogP contribution in [0.15, 0.2) is 53.3 Å². The van der Waals surface area contributed by atoms with Crippen LogP contribution in [0.25, 0.3) is 38.9 Å². The summed E-state index contributed by atoms with van der Waals surface area (Å²) in [6.45, 7) is 2.83. The van der Waals surface area contributed by atoms with Gasteiger partial charge in [-0.25, -0.2) is 15.0 Å². The molecule has 0 aliphatic carbocycles. The Labute approximate surface area is 182 Å². The molecule has 0 aliphatic heterocycles. The molecule has 7 nitrogen and oxygen atoms in total. The summed E-state index contributed by atoms with van der Waals surface area (Å²) in [5.74, 6) is 0.692. The highest BCUT2D eigenvalue weighted by atomic mass is 35.5. The number of aryl methyl sites for hydroxylation is 1. The third-order valence-corrected chi connectivity index (χ3v) is 5.61. The van der Waals surface area contributed by atoms with Gasteiger partial charge < -0.3 is 4.74 Å². The summed E-state index contributed by atoms with van der Waals surface area (Å²) in [4.78, 5) is 28.2. The molecule has 0 saturated carbocycles. The summed E-state index contributed by atoms with van der Waals surface area (Å²) < 4.78 is 8.78. The number of rotatable bonds is 5. The van der Waals surface area contributed by atoms with Gasteiger partial charge in [0.2, 0.25) is 0 Å². The minimum Gasteiger partial charge on any atom is -0.383 e. The molecule has 0 aliphatic rings. The maximum atomic E-state index is 13.6. The topological polar surface area (TPSA) is 74.8 Å². The Kier molecular flexibility index (Phi) is 4.92. The summed E-state index contributed by atoms with van der Waals surface area (Å²) in [6, 6.07) is 15.0. The van der Waals surface area contributed by atoms with Crippen LogP contribution in [0, 0.1) is 0 Å². The predicted octanol–water partition coefficient (Wildman–Crippen LogP) is 4.15. The van der Waals surface area contributed by atoms with Crippen molar-refractivity contribution in [1.82, 2.24) is 24.1 Å². The minimum absolute atomic E-state index is 0.138. The Morgan fingerprint density at radius 3 is 2.35 bits per heavy atom. The molecule has 0 N–H and O–H groups in total. The van der Waals surface area contributed by atoms with E-state index in [1.165, 1.54) is 0 Å². The van der Waals surface area contributed by atoms with Gasteiger partial charge >= 0.3 is 0 Å². The smallest absolute Gasteiger partial charge is 0.265 e. The zero-order valence-electron chi connectivity index (χ0n) is 17.2. The quantitative estimate of drug-likeness (QED) is 0.416. The number of hydrogen-bond acceptors (Lipinski definition) is 5. The number of hydrogen-bond donors (Lipinski definition) is 0. The van der Waals surface area contributed by atoms with Crippen molar-refractivity contribution in [2.45, 2.75) is 19.9 Å². The average Bonchev–Trinajstić information content (AvgIpc) is 3.10. The fourth-order valence-corrected chi connectivity index (χ4v) is 4.01. The summed E-state index contributed by atoms with van der Waals surface area (Å²) in [7, 11) is 1.62. The van der Waals surface area contributed by atoms with Crippen molar-refractivity contribution in [2.75, 3.05) is 13.7 Å². The van der Waals surface area contributed by atoms with Gasteiger partial charge in [-0.05, 0) is 36.4 Å². The first-order valence-corrected chi connectivity index (χ1v) is 10.5. The van der Waals surface area contributed by atoms with E-state index in [1.807, 2.05) is 60.0 Å². The lowest BCUT2D eigenvalue weighted by Gasteiger charge is -2.12. The minimum atomic E-state index is -0.138. The van der Waals surface area contributed by atoms with Crippen LogP contribution in [-0.2, 0) is 17.7 Å². The summed E-state index contributed by atoms with van der Waals surface area (Å²) >= 11 is 6.11. The lowest BCUT2D eigenvalue weighted by molar-refractivity contribution is 0.185. The molecule has 0 bridgehead atoms. The van der Waals surface area contributed by atoms with E-state index in [4.69, 9.17) is 31.3 Å². The van der Waals surface area contributed by atoms with Gasteiger partial charge in [0.1, 0.15) is 16.7 Å². The van der Waals surface area contributed by atoms with E-state index in [1.54, 1.807) is 11.7 Å². The fourth-order valence-electron chi connectivity index (χ4n) is 3.89. The first kappa shape index (κ1) is 19.7. The van der Waals surface area contributed by atoms with Crippen LogP contribution >= 0.6 is 11.6 Å². The van der Waals surface area contributed by atoms with Crippen molar-refractivity contribution in [3.8, 4) is 5.69 Å². The average molecular weight is 434 g/mol. The van der Waals surface area contributed by atoms with E-state index < -0.39 is 0 Å². The largest absolute Gasteiger partial charge is 0.383 e. The standard InChI is InChI=1S/C23H20ClN5O2/c1-3-18-27-21-19(23(30)28(18)12-13-31-2)20-22(26-17-7-5-4-6-16(17)25-20)29(21)15-10-8-14(24)9-11-15/h4-11H,3,12-13H2,1-2H3. The number of methoxy groups -OCH3 is 1. The van der Waals surface area contributed by atoms with Crippen molar-refractivity contribution in [3.63, 3.8) is 0 Å². The Balaban J connectivity index is 1.97. The number of ether oxygens (including phenoxy) is 1. The molecule has 0 saturated heterocycles. The summed E-state index contributed by atoms with van der Waals surface area (Å²) in [6.07, 6.45) is 0.611. The Bertz CT molecular complexity index is 1490. The fraction of sp³-hybridized carbons (Fsp3) is 0.217. The molecule has 0 fully saturated rings. The zero-order chi connectivity index (χ0) is 21.5. The highest BCUT2D eigenvalue weighted by molar-refractivity contribution is 6.30. The predicted molar refractivity (Wildman–Crippen MR) is 122 cm³/mol. The van der Waals surface area contributed by atoms with Gasteiger partial charge in [-0.15, -0.1) is 0 Å². The molecule has 5 aromatic rings. The molecule has 0 unspecified atom stereocenters. The molecule has 3 heterocycles. The maximum absolute atomic E-state index is 13.6. The number of benzene rings is 2. The molecule has 31 heavy (non-hydrogen) atoms. The maximum Gasteiger partial charge on any atom is 0.265 e. The van der Waals surface area contributed by atoms with Gasteiger partial charge in [-0.3, -0.25) is 13.9 Å². The van der Waals surface area contributed by atoms with Crippen LogP contribution in [0.2, 0.25) is 5.02 Å². The van der Waals surface area contributed by atoms with Crippen molar-refractivity contribution < 1.29 is 4.74 Å². The second-order valence-corrected chi connectivity index (χ2v) is 7.66. The number of aromatic nitrogens is 5. The molecule has 5 rings (SSSR count). The lowest BCUT2D eigenvalue weighted by Crippen LogP contribution is -2.27. The third-order valence-electron chi connectivity index (χ3n) is 5.36. The number of para-hydroxylation sites is 2. The second-order valence-electron chi connectivity index (χ2n) is 7.23. The molecule has 156 valence electrons. The first-order valence-electron chi connectivity index (χ1n) is 10.1. The van der Waals surface area contributed by atoms with E-state index in [2.05, 4.69) is 0 Å².